The second kappa shape index (κ2) is 8.29. The number of benzene rings is 7. The Balaban J connectivity index is 1.47. The molecule has 9 rings (SSSR count). The van der Waals surface area contributed by atoms with E-state index in [1.165, 1.54) is 74.7 Å². The molecule has 0 aliphatic rings. The van der Waals surface area contributed by atoms with Crippen LogP contribution in [0.4, 0.5) is 0 Å². The Labute approximate surface area is 234 Å². The maximum absolute atomic E-state index is 5.74. The molecule has 0 saturated carbocycles. The third-order valence-electron chi connectivity index (χ3n) is 8.33. The molecule has 186 valence electrons. The predicted octanol–water partition coefficient (Wildman–Crippen LogP) is 11.6. The predicted molar refractivity (Wildman–Crippen MR) is 172 cm³/mol. The molecule has 0 unspecified atom stereocenters. The Kier molecular flexibility index (Phi) is 4.55. The van der Waals surface area contributed by atoms with E-state index in [9.17, 15) is 0 Å². The van der Waals surface area contributed by atoms with Crippen molar-refractivity contribution >= 4 is 74.8 Å². The molecule has 40 heavy (non-hydrogen) atoms. The molecule has 0 atom stereocenters. The largest absolute Gasteiger partial charge is 0.464 e. The van der Waals surface area contributed by atoms with Crippen LogP contribution in [-0.2, 0) is 0 Å². The molecule has 1 nitrogen and oxygen atoms in total. The lowest BCUT2D eigenvalue weighted by atomic mass is 9.84. The first-order chi connectivity index (χ1) is 19.8. The molecule has 0 amide bonds. The maximum Gasteiger partial charge on any atom is 0.135 e. The van der Waals surface area contributed by atoms with Crippen molar-refractivity contribution in [3.8, 4) is 22.3 Å². The Morgan fingerprint density at radius 1 is 0.425 bits per heavy atom. The number of hydrogen-bond acceptors (Lipinski definition) is 2. The second-order valence-corrected chi connectivity index (χ2v) is 11.5. The molecular formula is C38H22OS. The van der Waals surface area contributed by atoms with Crippen LogP contribution in [0, 0.1) is 0 Å². The summed E-state index contributed by atoms with van der Waals surface area (Å²) in [5, 5.41) is 11.4. The van der Waals surface area contributed by atoms with Gasteiger partial charge in [-0.25, -0.2) is 0 Å². The minimum atomic E-state index is 0.941. The average Bonchev–Trinajstić information content (AvgIpc) is 3.62. The minimum Gasteiger partial charge on any atom is -0.464 e. The van der Waals surface area contributed by atoms with Crippen molar-refractivity contribution < 1.29 is 4.42 Å². The first-order valence-electron chi connectivity index (χ1n) is 13.6. The fourth-order valence-corrected chi connectivity index (χ4v) is 7.79. The highest BCUT2D eigenvalue weighted by Crippen LogP contribution is 2.49. The SMILES string of the molecule is c1ccc2c(-c3c4ccccc4c(-c4cccc5sc6cc7occc7cc6c45)c4ccccc34)cccc2c1. The van der Waals surface area contributed by atoms with Crippen LogP contribution in [0.1, 0.15) is 0 Å². The van der Waals surface area contributed by atoms with E-state index in [1.54, 1.807) is 6.26 Å². The van der Waals surface area contributed by atoms with E-state index >= 15 is 0 Å². The fraction of sp³-hybridized carbons (Fsp3) is 0. The van der Waals surface area contributed by atoms with Crippen molar-refractivity contribution in [2.75, 3.05) is 0 Å². The van der Waals surface area contributed by atoms with Crippen LogP contribution < -0.4 is 0 Å². The second-order valence-electron chi connectivity index (χ2n) is 10.5. The van der Waals surface area contributed by atoms with Crippen LogP contribution in [0.5, 0.6) is 0 Å². The van der Waals surface area contributed by atoms with Gasteiger partial charge in [0.2, 0.25) is 0 Å². The molecule has 0 N–H and O–H groups in total. The van der Waals surface area contributed by atoms with E-state index in [0.29, 0.717) is 0 Å². The third kappa shape index (κ3) is 3.03. The van der Waals surface area contributed by atoms with Crippen LogP contribution >= 0.6 is 11.3 Å². The van der Waals surface area contributed by atoms with Gasteiger partial charge >= 0.3 is 0 Å². The van der Waals surface area contributed by atoms with Gasteiger partial charge in [-0.3, -0.25) is 0 Å². The smallest absolute Gasteiger partial charge is 0.135 e. The van der Waals surface area contributed by atoms with E-state index in [2.05, 4.69) is 127 Å². The molecule has 0 bridgehead atoms. The van der Waals surface area contributed by atoms with Gasteiger partial charge in [-0.2, -0.15) is 0 Å². The summed E-state index contributed by atoms with van der Waals surface area (Å²) in [7, 11) is 0. The molecule has 0 saturated heterocycles. The summed E-state index contributed by atoms with van der Waals surface area (Å²) >= 11 is 1.84. The quantitative estimate of drug-likeness (QED) is 0.204. The van der Waals surface area contributed by atoms with Gasteiger partial charge in [0.05, 0.1) is 6.26 Å². The van der Waals surface area contributed by atoms with E-state index in [0.717, 1.165) is 11.0 Å². The lowest BCUT2D eigenvalue weighted by Gasteiger charge is -2.19. The lowest BCUT2D eigenvalue weighted by molar-refractivity contribution is 0.616. The molecule has 2 heterocycles. The van der Waals surface area contributed by atoms with Gasteiger partial charge < -0.3 is 4.42 Å². The van der Waals surface area contributed by atoms with Gasteiger partial charge in [-0.1, -0.05) is 103 Å². The number of hydrogen-bond donors (Lipinski definition) is 0. The zero-order valence-corrected chi connectivity index (χ0v) is 22.3. The molecule has 0 radical (unpaired) electrons. The number of rotatable bonds is 2. The van der Waals surface area contributed by atoms with Crippen LogP contribution in [-0.4, -0.2) is 0 Å². The van der Waals surface area contributed by atoms with Crippen LogP contribution in [0.2, 0.25) is 0 Å². The first kappa shape index (κ1) is 22.0. The number of furan rings is 1. The van der Waals surface area contributed by atoms with Crippen molar-refractivity contribution in [2.24, 2.45) is 0 Å². The highest BCUT2D eigenvalue weighted by Gasteiger charge is 2.20. The van der Waals surface area contributed by atoms with Gasteiger partial charge in [0.15, 0.2) is 0 Å². The normalized spacial score (nSPS) is 12.0. The fourth-order valence-electron chi connectivity index (χ4n) is 6.64. The zero-order chi connectivity index (χ0) is 26.2. The van der Waals surface area contributed by atoms with Crippen molar-refractivity contribution in [1.82, 2.24) is 0 Å². The molecule has 2 heteroatoms. The van der Waals surface area contributed by atoms with Gasteiger partial charge in [0.1, 0.15) is 5.58 Å². The summed E-state index contributed by atoms with van der Waals surface area (Å²) in [4.78, 5) is 0. The van der Waals surface area contributed by atoms with Crippen molar-refractivity contribution in [1.29, 1.82) is 0 Å². The topological polar surface area (TPSA) is 13.1 Å². The van der Waals surface area contributed by atoms with E-state index < -0.39 is 0 Å². The van der Waals surface area contributed by atoms with Gasteiger partial charge in [0.25, 0.3) is 0 Å². The molecule has 2 aromatic heterocycles. The van der Waals surface area contributed by atoms with E-state index in [-0.39, 0.29) is 0 Å². The Hall–Kier alpha value is -4.92. The van der Waals surface area contributed by atoms with Crippen molar-refractivity contribution in [3.05, 3.63) is 134 Å². The summed E-state index contributed by atoms with van der Waals surface area (Å²) in [6.45, 7) is 0. The molecule has 9 aromatic rings. The maximum atomic E-state index is 5.74. The van der Waals surface area contributed by atoms with Crippen LogP contribution in [0.3, 0.4) is 0 Å². The summed E-state index contributed by atoms with van der Waals surface area (Å²) in [5.74, 6) is 0. The summed E-state index contributed by atoms with van der Waals surface area (Å²) in [5.41, 5.74) is 6.10. The van der Waals surface area contributed by atoms with Crippen LogP contribution in [0.25, 0.3) is 85.7 Å². The molecule has 0 aliphatic heterocycles. The standard InChI is InChI=1S/C38H22OS/c1-2-11-25-23(9-1)10-7-16-26(25)36-27-12-3-5-14-29(27)37(30-15-6-4-13-28(30)36)31-17-8-18-34-38(31)32-21-24-19-20-39-33(24)22-35(32)40-34/h1-22H. The van der Waals surface area contributed by atoms with Gasteiger partial charge in [0, 0.05) is 25.6 Å². The number of thiophene rings is 1. The average molecular weight is 527 g/mol. The van der Waals surface area contributed by atoms with E-state index in [4.69, 9.17) is 4.42 Å². The van der Waals surface area contributed by atoms with E-state index in [1.807, 2.05) is 11.3 Å². The highest BCUT2D eigenvalue weighted by molar-refractivity contribution is 7.26. The summed E-state index contributed by atoms with van der Waals surface area (Å²) in [6, 6.07) is 46.6. The summed E-state index contributed by atoms with van der Waals surface area (Å²) in [6.07, 6.45) is 1.78. The lowest BCUT2D eigenvalue weighted by Crippen LogP contribution is -1.92. The molecule has 7 aromatic carbocycles. The van der Waals surface area contributed by atoms with Gasteiger partial charge in [-0.15, -0.1) is 11.3 Å². The number of fused-ring (bicyclic) bond motifs is 7. The Morgan fingerprint density at radius 2 is 1.02 bits per heavy atom. The highest BCUT2D eigenvalue weighted by atomic mass is 32.1. The van der Waals surface area contributed by atoms with Gasteiger partial charge in [-0.05, 0) is 78.8 Å². The van der Waals surface area contributed by atoms with Crippen molar-refractivity contribution in [2.45, 2.75) is 0 Å². The molecule has 0 aliphatic carbocycles. The zero-order valence-electron chi connectivity index (χ0n) is 21.5. The Bertz CT molecular complexity index is 2380. The molecule has 0 fully saturated rings. The minimum absolute atomic E-state index is 0.941. The summed E-state index contributed by atoms with van der Waals surface area (Å²) < 4.78 is 8.30. The van der Waals surface area contributed by atoms with Crippen LogP contribution in [0.15, 0.2) is 138 Å². The first-order valence-corrected chi connectivity index (χ1v) is 14.4. The Morgan fingerprint density at radius 3 is 1.77 bits per heavy atom. The van der Waals surface area contributed by atoms with Crippen molar-refractivity contribution in [3.63, 3.8) is 0 Å². The molecule has 0 spiro atoms. The third-order valence-corrected chi connectivity index (χ3v) is 9.45. The monoisotopic (exact) mass is 526 g/mol. The molecular weight excluding hydrogens is 504 g/mol.